The number of unbranched alkanes of at least 4 members (excludes halogenated alkanes) is 26. The van der Waals surface area contributed by atoms with E-state index >= 15 is 0 Å². The molecule has 0 aromatic carbocycles. The summed E-state index contributed by atoms with van der Waals surface area (Å²) in [6.45, 7) is 4.70. The highest BCUT2D eigenvalue weighted by atomic mass is 16.6. The quantitative estimate of drug-likeness (QED) is 0.0281. The molecule has 0 spiro atoms. The number of carboxylic acid groups (broad SMARTS) is 1. The van der Waals surface area contributed by atoms with E-state index in [2.05, 4.69) is 74.6 Å². The Balaban J connectivity index is 4.26. The molecule has 2 unspecified atom stereocenters. The maximum atomic E-state index is 12.8. The fourth-order valence-electron chi connectivity index (χ4n) is 8.11. The summed E-state index contributed by atoms with van der Waals surface area (Å²) < 4.78 is 17.3. The van der Waals surface area contributed by atoms with Crippen LogP contribution >= 0.6 is 0 Å². The fourth-order valence-corrected chi connectivity index (χ4v) is 8.11. The van der Waals surface area contributed by atoms with E-state index in [0.717, 1.165) is 57.8 Å². The Morgan fingerprint density at radius 3 is 1.19 bits per heavy atom. The molecule has 0 heterocycles. The van der Waals surface area contributed by atoms with Crippen LogP contribution in [0.4, 0.5) is 0 Å². The van der Waals surface area contributed by atoms with Crippen LogP contribution in [0.2, 0.25) is 0 Å². The molecule has 0 amide bonds. The monoisotopic (exact) mass is 941 g/mol. The lowest BCUT2D eigenvalue weighted by atomic mass is 10.0. The molecule has 0 aliphatic rings. The van der Waals surface area contributed by atoms with Crippen LogP contribution in [0.5, 0.6) is 0 Å². The molecule has 0 aromatic rings. The normalized spacial score (nSPS) is 13.3. The number of carbonyl (C=O) groups is 3. The SMILES string of the molecule is CCCCC/C=C/C/C=C/C/C=C/C/C=C/C/C=C/CCCCC(=O)OC(COCCC(C(=O)O)[N+](C)(C)C)COC(=O)CCCCCCCCCCCCCCCCCCCCCCCC. The van der Waals surface area contributed by atoms with Gasteiger partial charge in [-0.25, -0.2) is 4.79 Å². The van der Waals surface area contributed by atoms with Crippen LogP contribution in [0, 0.1) is 0 Å². The van der Waals surface area contributed by atoms with E-state index in [0.29, 0.717) is 19.3 Å². The first-order chi connectivity index (χ1) is 32.6. The van der Waals surface area contributed by atoms with Gasteiger partial charge in [0, 0.05) is 19.3 Å². The van der Waals surface area contributed by atoms with Crippen LogP contribution in [0.3, 0.4) is 0 Å². The van der Waals surface area contributed by atoms with Crippen molar-refractivity contribution in [2.45, 2.75) is 257 Å². The summed E-state index contributed by atoms with van der Waals surface area (Å²) in [7, 11) is 5.53. The van der Waals surface area contributed by atoms with E-state index in [1.807, 2.05) is 21.1 Å². The maximum absolute atomic E-state index is 12.8. The summed E-state index contributed by atoms with van der Waals surface area (Å²) in [5.41, 5.74) is 0. The number of quaternary nitrogens is 1. The molecule has 8 heteroatoms. The van der Waals surface area contributed by atoms with Gasteiger partial charge in [-0.05, 0) is 64.2 Å². The number of hydrogen-bond acceptors (Lipinski definition) is 6. The van der Waals surface area contributed by atoms with Crippen molar-refractivity contribution in [3.8, 4) is 0 Å². The number of carboxylic acids is 1. The fraction of sp³-hybridized carbons (Fsp3) is 0.780. The summed E-state index contributed by atoms with van der Waals surface area (Å²) in [6.07, 6.45) is 62.8. The van der Waals surface area contributed by atoms with Crippen LogP contribution in [-0.4, -0.2) is 80.6 Å². The molecule has 0 fully saturated rings. The van der Waals surface area contributed by atoms with Crippen LogP contribution in [0.25, 0.3) is 0 Å². The maximum Gasteiger partial charge on any atom is 0.362 e. The van der Waals surface area contributed by atoms with Gasteiger partial charge in [-0.1, -0.05) is 222 Å². The zero-order valence-electron chi connectivity index (χ0n) is 44.3. The van der Waals surface area contributed by atoms with Crippen molar-refractivity contribution in [1.29, 1.82) is 0 Å². The van der Waals surface area contributed by atoms with E-state index in [1.165, 1.54) is 148 Å². The lowest BCUT2D eigenvalue weighted by molar-refractivity contribution is -0.887. The van der Waals surface area contributed by atoms with Gasteiger partial charge in [0.15, 0.2) is 12.1 Å². The topological polar surface area (TPSA) is 99.1 Å². The van der Waals surface area contributed by atoms with Crippen molar-refractivity contribution in [2.24, 2.45) is 0 Å². The Morgan fingerprint density at radius 1 is 0.448 bits per heavy atom. The minimum absolute atomic E-state index is 0.0438. The molecule has 0 aromatic heterocycles. The number of ether oxygens (including phenoxy) is 3. The first kappa shape index (κ1) is 64.0. The third kappa shape index (κ3) is 47.9. The molecule has 0 bridgehead atoms. The van der Waals surface area contributed by atoms with Crippen LogP contribution in [-0.2, 0) is 28.6 Å². The van der Waals surface area contributed by atoms with E-state index in [1.54, 1.807) is 0 Å². The first-order valence-electron chi connectivity index (χ1n) is 27.8. The van der Waals surface area contributed by atoms with Crippen molar-refractivity contribution in [2.75, 3.05) is 41.0 Å². The van der Waals surface area contributed by atoms with Gasteiger partial charge in [0.1, 0.15) is 6.61 Å². The van der Waals surface area contributed by atoms with Crippen molar-refractivity contribution < 1.29 is 38.2 Å². The van der Waals surface area contributed by atoms with Crippen molar-refractivity contribution in [3.63, 3.8) is 0 Å². The minimum Gasteiger partial charge on any atom is -0.477 e. The molecule has 2 atom stereocenters. The molecule has 0 radical (unpaired) electrons. The van der Waals surface area contributed by atoms with Gasteiger partial charge in [-0.2, -0.15) is 0 Å². The molecule has 1 N–H and O–H groups in total. The number of aliphatic carboxylic acids is 1. The molecular formula is C59H106NO7+. The molecule has 0 saturated carbocycles. The third-order valence-corrected chi connectivity index (χ3v) is 12.4. The number of hydrogen-bond donors (Lipinski definition) is 1. The summed E-state index contributed by atoms with van der Waals surface area (Å²) >= 11 is 0. The van der Waals surface area contributed by atoms with E-state index < -0.39 is 18.1 Å². The Bertz CT molecular complexity index is 1280. The molecule has 388 valence electrons. The number of allylic oxidation sites excluding steroid dienone is 10. The standard InChI is InChI=1S/C59H105NO7/c1-6-8-10-12-14-16-18-20-22-24-26-28-30-31-33-35-37-39-41-43-45-47-49-57(61)66-54-55(53-65-52-51-56(59(63)64)60(3,4)5)67-58(62)50-48-46-44-42-40-38-36-34-32-29-27-25-23-21-19-17-15-13-11-9-7-2/h15,17,21,23,27,29,34,36,40,42,55-56H,6-14,16,18-20,22,24-26,28,30-33,35,37-39,41,43-54H2,1-5H3/p+1/b17-15+,23-21+,29-27+,36-34+,42-40+. The average Bonchev–Trinajstić information content (AvgIpc) is 3.29. The second-order valence-corrected chi connectivity index (χ2v) is 19.8. The number of carbonyl (C=O) groups excluding carboxylic acids is 2. The van der Waals surface area contributed by atoms with E-state index in [4.69, 9.17) is 14.2 Å². The predicted octanol–water partition coefficient (Wildman–Crippen LogP) is 16.5. The minimum atomic E-state index is -0.881. The Kier molecular flexibility index (Phi) is 47.3. The Labute approximate surface area is 413 Å². The van der Waals surface area contributed by atoms with E-state index in [-0.39, 0.29) is 42.7 Å². The lowest BCUT2D eigenvalue weighted by Gasteiger charge is -2.31. The van der Waals surface area contributed by atoms with Gasteiger partial charge in [0.25, 0.3) is 0 Å². The Morgan fingerprint density at radius 2 is 0.791 bits per heavy atom. The Hall–Kier alpha value is -2.97. The van der Waals surface area contributed by atoms with Crippen LogP contribution < -0.4 is 0 Å². The molecule has 0 rings (SSSR count). The highest BCUT2D eigenvalue weighted by Gasteiger charge is 2.31. The molecule has 0 aliphatic heterocycles. The summed E-state index contributed by atoms with van der Waals surface area (Å²) in [4.78, 5) is 37.2. The van der Waals surface area contributed by atoms with Crippen molar-refractivity contribution >= 4 is 17.9 Å². The molecule has 8 nitrogen and oxygen atoms in total. The summed E-state index contributed by atoms with van der Waals surface area (Å²) in [6, 6.07) is -0.625. The smallest absolute Gasteiger partial charge is 0.362 e. The van der Waals surface area contributed by atoms with Crippen molar-refractivity contribution in [3.05, 3.63) is 60.8 Å². The predicted molar refractivity (Wildman–Crippen MR) is 284 cm³/mol. The zero-order chi connectivity index (χ0) is 49.2. The van der Waals surface area contributed by atoms with Crippen LogP contribution in [0.1, 0.15) is 245 Å². The van der Waals surface area contributed by atoms with Gasteiger partial charge in [0.05, 0.1) is 34.4 Å². The molecular weight excluding hydrogens is 835 g/mol. The summed E-state index contributed by atoms with van der Waals surface area (Å²) in [5, 5.41) is 9.67. The van der Waals surface area contributed by atoms with Gasteiger partial charge >= 0.3 is 17.9 Å². The largest absolute Gasteiger partial charge is 0.477 e. The van der Waals surface area contributed by atoms with Gasteiger partial charge < -0.3 is 23.8 Å². The number of nitrogens with zero attached hydrogens (tertiary/aromatic N) is 1. The highest BCUT2D eigenvalue weighted by molar-refractivity contribution is 5.72. The first-order valence-corrected chi connectivity index (χ1v) is 27.8. The number of rotatable bonds is 50. The van der Waals surface area contributed by atoms with Gasteiger partial charge in [-0.15, -0.1) is 0 Å². The van der Waals surface area contributed by atoms with E-state index in [9.17, 15) is 19.5 Å². The second kappa shape index (κ2) is 49.5. The molecule has 0 saturated heterocycles. The highest BCUT2D eigenvalue weighted by Crippen LogP contribution is 2.16. The van der Waals surface area contributed by atoms with Crippen molar-refractivity contribution in [1.82, 2.24) is 0 Å². The lowest BCUT2D eigenvalue weighted by Crippen LogP contribution is -2.50. The third-order valence-electron chi connectivity index (χ3n) is 12.4. The molecule has 0 aliphatic carbocycles. The van der Waals surface area contributed by atoms with Gasteiger partial charge in [0.2, 0.25) is 0 Å². The van der Waals surface area contributed by atoms with Crippen LogP contribution in [0.15, 0.2) is 60.8 Å². The average molecular weight is 941 g/mol. The second-order valence-electron chi connectivity index (χ2n) is 19.8. The van der Waals surface area contributed by atoms with Gasteiger partial charge in [-0.3, -0.25) is 9.59 Å². The molecule has 67 heavy (non-hydrogen) atoms. The zero-order valence-corrected chi connectivity index (χ0v) is 44.3. The number of likely N-dealkylation sites (N-methyl/N-ethyl adjacent to an activating group) is 1. The summed E-state index contributed by atoms with van der Waals surface area (Å²) in [5.74, 6) is -1.51. The number of esters is 2.